The predicted molar refractivity (Wildman–Crippen MR) is 84.4 cm³/mol. The number of aromatic nitrogens is 4. The maximum absolute atomic E-state index is 12.1. The van der Waals surface area contributed by atoms with Crippen molar-refractivity contribution in [3.8, 4) is 5.88 Å². The molecule has 0 fully saturated rings. The molecule has 0 bridgehead atoms. The standard InChI is InChI=1S/C15H16N4O3.K/c1-22-8-7-18-10-16-13-12(18)14(20)17-15(21)19(13)9-11-5-3-2-4-6-11;/h2-6,10H,7-9H2,1H3,(H,17,20,21);/p-1. The monoisotopic (exact) mass is 338 g/mol. The van der Waals surface area contributed by atoms with E-state index in [1.807, 2.05) is 30.3 Å². The first-order valence-electron chi connectivity index (χ1n) is 6.86. The van der Waals surface area contributed by atoms with Gasteiger partial charge in [-0.05, 0) is 5.56 Å². The van der Waals surface area contributed by atoms with Gasteiger partial charge in [-0.3, -0.25) is 4.57 Å². The van der Waals surface area contributed by atoms with Gasteiger partial charge in [0, 0.05) is 70.9 Å². The van der Waals surface area contributed by atoms with E-state index in [1.165, 1.54) is 10.9 Å². The van der Waals surface area contributed by atoms with Gasteiger partial charge < -0.3 is 14.4 Å². The quantitative estimate of drug-likeness (QED) is 0.611. The molecule has 0 spiro atoms. The number of hydrogen-bond acceptors (Lipinski definition) is 5. The summed E-state index contributed by atoms with van der Waals surface area (Å²) < 4.78 is 8.09. The molecule has 0 aliphatic heterocycles. The molecule has 0 saturated carbocycles. The Bertz CT molecular complexity index is 845. The van der Waals surface area contributed by atoms with Crippen LogP contribution in [0.4, 0.5) is 0 Å². The Labute approximate surface area is 175 Å². The van der Waals surface area contributed by atoms with Crippen LogP contribution in [0.25, 0.3) is 11.2 Å². The first-order valence-corrected chi connectivity index (χ1v) is 6.86. The number of benzene rings is 1. The Morgan fingerprint density at radius 2 is 2.00 bits per heavy atom. The van der Waals surface area contributed by atoms with Crippen molar-refractivity contribution in [1.29, 1.82) is 0 Å². The van der Waals surface area contributed by atoms with Crippen molar-refractivity contribution >= 4 is 62.5 Å². The van der Waals surface area contributed by atoms with Crippen LogP contribution in [0, 0.1) is 0 Å². The molecule has 0 aliphatic rings. The van der Waals surface area contributed by atoms with Gasteiger partial charge in [-0.1, -0.05) is 30.3 Å². The average Bonchev–Trinajstić information content (AvgIpc) is 2.94. The van der Waals surface area contributed by atoms with Gasteiger partial charge in [0.05, 0.1) is 25.0 Å². The molecule has 8 heteroatoms. The SMILES string of the molecule is COCCn1cnc2c1c([O-])nc(=O)n2Cc1ccccc1.[K]. The zero-order valence-electron chi connectivity index (χ0n) is 13.1. The molecular weight excluding hydrogens is 323 g/mol. The summed E-state index contributed by atoms with van der Waals surface area (Å²) in [6.07, 6.45) is 1.54. The fourth-order valence-electron chi connectivity index (χ4n) is 2.35. The third-order valence-electron chi connectivity index (χ3n) is 3.42. The minimum Gasteiger partial charge on any atom is -0.857 e. The van der Waals surface area contributed by atoms with Crippen molar-refractivity contribution in [3.05, 3.63) is 52.7 Å². The molecule has 0 amide bonds. The first kappa shape index (κ1) is 18.3. The molecule has 1 aromatic carbocycles. The summed E-state index contributed by atoms with van der Waals surface area (Å²) in [5, 5.41) is 12.0. The third kappa shape index (κ3) is 3.90. The van der Waals surface area contributed by atoms with Gasteiger partial charge in [0.25, 0.3) is 0 Å². The van der Waals surface area contributed by atoms with Crippen molar-refractivity contribution in [2.75, 3.05) is 13.7 Å². The molecule has 0 atom stereocenters. The zero-order chi connectivity index (χ0) is 15.5. The Morgan fingerprint density at radius 3 is 2.70 bits per heavy atom. The molecule has 3 aromatic rings. The van der Waals surface area contributed by atoms with Crippen molar-refractivity contribution in [3.63, 3.8) is 0 Å². The van der Waals surface area contributed by atoms with Crippen molar-refractivity contribution in [2.24, 2.45) is 0 Å². The number of imidazole rings is 1. The van der Waals surface area contributed by atoms with E-state index in [0.29, 0.717) is 30.9 Å². The second kappa shape index (κ2) is 8.18. The van der Waals surface area contributed by atoms with Crippen LogP contribution in [0.1, 0.15) is 5.56 Å². The number of nitrogens with zero attached hydrogens (tertiary/aromatic N) is 4. The van der Waals surface area contributed by atoms with E-state index in [0.717, 1.165) is 5.56 Å². The summed E-state index contributed by atoms with van der Waals surface area (Å²) in [6, 6.07) is 9.51. The predicted octanol–water partition coefficient (Wildman–Crippen LogP) is -0.0195. The second-order valence-electron chi connectivity index (χ2n) is 4.87. The molecule has 0 N–H and O–H groups in total. The van der Waals surface area contributed by atoms with E-state index >= 15 is 0 Å². The van der Waals surface area contributed by atoms with Gasteiger partial charge in [0.2, 0.25) is 0 Å². The van der Waals surface area contributed by atoms with Gasteiger partial charge in [0.15, 0.2) is 5.65 Å². The van der Waals surface area contributed by atoms with Gasteiger partial charge in [-0.25, -0.2) is 14.8 Å². The van der Waals surface area contributed by atoms with E-state index in [-0.39, 0.29) is 51.4 Å². The van der Waals surface area contributed by atoms with Crippen LogP contribution in [0.2, 0.25) is 0 Å². The fraction of sp³-hybridized carbons (Fsp3) is 0.267. The van der Waals surface area contributed by atoms with Gasteiger partial charge >= 0.3 is 5.69 Å². The molecule has 7 nitrogen and oxygen atoms in total. The molecule has 1 radical (unpaired) electrons. The number of ether oxygens (including phenoxy) is 1. The van der Waals surface area contributed by atoms with E-state index in [9.17, 15) is 9.90 Å². The van der Waals surface area contributed by atoms with E-state index in [1.54, 1.807) is 11.7 Å². The minimum atomic E-state index is -0.585. The van der Waals surface area contributed by atoms with Crippen molar-refractivity contribution in [1.82, 2.24) is 19.1 Å². The second-order valence-corrected chi connectivity index (χ2v) is 4.87. The largest absolute Gasteiger partial charge is 0.857 e. The van der Waals surface area contributed by atoms with Crippen molar-refractivity contribution in [2.45, 2.75) is 13.1 Å². The Hall–Kier alpha value is -1.03. The van der Waals surface area contributed by atoms with Crippen LogP contribution in [-0.2, 0) is 17.8 Å². The minimum absolute atomic E-state index is 0. The topological polar surface area (TPSA) is 85.0 Å². The molecule has 0 unspecified atom stereocenters. The molecular formula is C15H15KN4O3-. The molecule has 2 heterocycles. The van der Waals surface area contributed by atoms with Crippen LogP contribution in [-0.4, -0.2) is 84.2 Å². The summed E-state index contributed by atoms with van der Waals surface area (Å²) in [5.41, 5.74) is 1.04. The molecule has 23 heavy (non-hydrogen) atoms. The van der Waals surface area contributed by atoms with Crippen LogP contribution in [0.5, 0.6) is 5.88 Å². The van der Waals surface area contributed by atoms with Gasteiger partial charge in [0.1, 0.15) is 0 Å². The Balaban J connectivity index is 0.00000192. The maximum atomic E-state index is 12.1. The zero-order valence-corrected chi connectivity index (χ0v) is 16.2. The molecule has 0 aliphatic carbocycles. The first-order chi connectivity index (χ1) is 10.7. The summed E-state index contributed by atoms with van der Waals surface area (Å²) in [6.45, 7) is 1.25. The van der Waals surface area contributed by atoms with E-state index in [2.05, 4.69) is 9.97 Å². The third-order valence-corrected chi connectivity index (χ3v) is 3.42. The maximum Gasteiger partial charge on any atom is 0.349 e. The van der Waals surface area contributed by atoms with Crippen LogP contribution < -0.4 is 10.8 Å². The van der Waals surface area contributed by atoms with Crippen LogP contribution in [0.3, 0.4) is 0 Å². The molecule has 115 valence electrons. The average molecular weight is 338 g/mol. The molecule has 2 aromatic heterocycles. The van der Waals surface area contributed by atoms with Crippen LogP contribution >= 0.6 is 0 Å². The van der Waals surface area contributed by atoms with Gasteiger partial charge in [-0.2, -0.15) is 0 Å². The Kier molecular flexibility index (Phi) is 6.51. The smallest absolute Gasteiger partial charge is 0.349 e. The van der Waals surface area contributed by atoms with Gasteiger partial charge in [-0.15, -0.1) is 0 Å². The van der Waals surface area contributed by atoms with Crippen molar-refractivity contribution < 1.29 is 9.84 Å². The summed E-state index contributed by atoms with van der Waals surface area (Å²) in [4.78, 5) is 19.9. The molecule has 3 rings (SSSR count). The van der Waals surface area contributed by atoms with E-state index in [4.69, 9.17) is 4.74 Å². The Morgan fingerprint density at radius 1 is 1.26 bits per heavy atom. The number of rotatable bonds is 5. The summed E-state index contributed by atoms with van der Waals surface area (Å²) in [7, 11) is 1.58. The summed E-state index contributed by atoms with van der Waals surface area (Å²) in [5.74, 6) is -0.557. The normalized spacial score (nSPS) is 10.7. The van der Waals surface area contributed by atoms with E-state index < -0.39 is 11.6 Å². The number of fused-ring (bicyclic) bond motifs is 1. The summed E-state index contributed by atoms with van der Waals surface area (Å²) >= 11 is 0. The number of hydrogen-bond donors (Lipinski definition) is 0. The van der Waals surface area contributed by atoms with Crippen LogP contribution in [0.15, 0.2) is 41.5 Å². The molecule has 0 saturated heterocycles. The fourth-order valence-corrected chi connectivity index (χ4v) is 2.35. The number of methoxy groups -OCH3 is 1.